The third-order valence-electron chi connectivity index (χ3n) is 2.96. The Labute approximate surface area is 82.5 Å². The molecule has 0 unspecified atom stereocenters. The van der Waals surface area contributed by atoms with E-state index in [9.17, 15) is 0 Å². The quantitative estimate of drug-likeness (QED) is 0.722. The summed E-state index contributed by atoms with van der Waals surface area (Å²) in [6, 6.07) is 0.387. The molecular weight excluding hydrogens is 160 g/mol. The zero-order valence-corrected chi connectivity index (χ0v) is 9.13. The van der Waals surface area contributed by atoms with Crippen LogP contribution in [-0.2, 0) is 0 Å². The first-order valence-corrected chi connectivity index (χ1v) is 5.59. The summed E-state index contributed by atoms with van der Waals surface area (Å²) in [7, 11) is 4.20. The molecule has 1 saturated carbocycles. The minimum Gasteiger partial charge on any atom is -0.327 e. The average Bonchev–Trinajstić information content (AvgIpc) is 2.04. The molecule has 0 amide bonds. The Kier molecular flexibility index (Phi) is 4.74. The number of hydrogen-bond donors (Lipinski definition) is 1. The summed E-state index contributed by atoms with van der Waals surface area (Å²) in [5, 5.41) is 0. The topological polar surface area (TPSA) is 29.3 Å². The molecule has 78 valence electrons. The molecule has 2 nitrogen and oxygen atoms in total. The highest BCUT2D eigenvalue weighted by Crippen LogP contribution is 2.26. The standard InChI is InChI=1S/C11H24N2/c1-13(2)9-11(12)8-10-6-4-3-5-7-10/h10-11H,3-9,12H2,1-2H3/t11-/m1/s1. The van der Waals surface area contributed by atoms with Crippen molar-refractivity contribution in [1.82, 2.24) is 4.90 Å². The van der Waals surface area contributed by atoms with E-state index in [1.54, 1.807) is 0 Å². The lowest BCUT2D eigenvalue weighted by Crippen LogP contribution is -2.35. The lowest BCUT2D eigenvalue weighted by atomic mass is 9.85. The Morgan fingerprint density at radius 1 is 1.23 bits per heavy atom. The second kappa shape index (κ2) is 5.61. The molecule has 2 N–H and O–H groups in total. The Morgan fingerprint density at radius 3 is 2.38 bits per heavy atom. The summed E-state index contributed by atoms with van der Waals surface area (Å²) in [6.07, 6.45) is 8.37. The number of likely N-dealkylation sites (N-methyl/N-ethyl adjacent to an activating group) is 1. The van der Waals surface area contributed by atoms with Gasteiger partial charge in [0, 0.05) is 12.6 Å². The predicted molar refractivity (Wildman–Crippen MR) is 57.7 cm³/mol. The molecule has 1 fully saturated rings. The molecule has 0 aromatic rings. The summed E-state index contributed by atoms with van der Waals surface area (Å²) < 4.78 is 0. The second-order valence-corrected chi connectivity index (χ2v) is 4.76. The van der Waals surface area contributed by atoms with Gasteiger partial charge in [0.25, 0.3) is 0 Å². The monoisotopic (exact) mass is 184 g/mol. The average molecular weight is 184 g/mol. The molecule has 0 saturated heterocycles. The molecule has 0 spiro atoms. The van der Waals surface area contributed by atoms with E-state index in [1.807, 2.05) is 0 Å². The maximum absolute atomic E-state index is 6.06. The fraction of sp³-hybridized carbons (Fsp3) is 1.00. The van der Waals surface area contributed by atoms with Crippen LogP contribution >= 0.6 is 0 Å². The van der Waals surface area contributed by atoms with Gasteiger partial charge in [-0.25, -0.2) is 0 Å². The normalized spacial score (nSPS) is 22.2. The molecule has 0 radical (unpaired) electrons. The first-order chi connectivity index (χ1) is 6.18. The summed E-state index contributed by atoms with van der Waals surface area (Å²) in [5.41, 5.74) is 6.06. The van der Waals surface area contributed by atoms with E-state index in [1.165, 1.54) is 38.5 Å². The Bertz CT molecular complexity index is 128. The highest BCUT2D eigenvalue weighted by atomic mass is 15.1. The molecule has 0 heterocycles. The summed E-state index contributed by atoms with van der Waals surface area (Å²) >= 11 is 0. The van der Waals surface area contributed by atoms with E-state index in [0.717, 1.165) is 12.5 Å². The molecule has 1 atom stereocenters. The summed E-state index contributed by atoms with van der Waals surface area (Å²) in [5.74, 6) is 0.920. The van der Waals surface area contributed by atoms with Crippen LogP contribution < -0.4 is 5.73 Å². The largest absolute Gasteiger partial charge is 0.327 e. The molecule has 13 heavy (non-hydrogen) atoms. The van der Waals surface area contributed by atoms with Crippen molar-refractivity contribution in [3.63, 3.8) is 0 Å². The zero-order chi connectivity index (χ0) is 9.68. The van der Waals surface area contributed by atoms with Gasteiger partial charge < -0.3 is 10.6 Å². The van der Waals surface area contributed by atoms with Crippen LogP contribution in [-0.4, -0.2) is 31.6 Å². The molecule has 0 aromatic carbocycles. The van der Waals surface area contributed by atoms with Gasteiger partial charge in [0.2, 0.25) is 0 Å². The molecule has 0 aliphatic heterocycles. The lowest BCUT2D eigenvalue weighted by molar-refractivity contribution is 0.284. The van der Waals surface area contributed by atoms with Gasteiger partial charge in [0.05, 0.1) is 0 Å². The minimum absolute atomic E-state index is 0.387. The van der Waals surface area contributed by atoms with E-state index >= 15 is 0 Å². The van der Waals surface area contributed by atoms with Crippen molar-refractivity contribution >= 4 is 0 Å². The van der Waals surface area contributed by atoms with Crippen LogP contribution in [0, 0.1) is 5.92 Å². The third-order valence-corrected chi connectivity index (χ3v) is 2.96. The van der Waals surface area contributed by atoms with Gasteiger partial charge in [-0.15, -0.1) is 0 Å². The number of nitrogens with zero attached hydrogens (tertiary/aromatic N) is 1. The Morgan fingerprint density at radius 2 is 1.85 bits per heavy atom. The van der Waals surface area contributed by atoms with Crippen molar-refractivity contribution in [2.75, 3.05) is 20.6 Å². The van der Waals surface area contributed by atoms with Crippen molar-refractivity contribution in [2.45, 2.75) is 44.6 Å². The highest BCUT2D eigenvalue weighted by Gasteiger charge is 2.16. The summed E-state index contributed by atoms with van der Waals surface area (Å²) in [6.45, 7) is 1.04. The third kappa shape index (κ3) is 4.63. The van der Waals surface area contributed by atoms with Crippen LogP contribution in [0.4, 0.5) is 0 Å². The fourth-order valence-electron chi connectivity index (χ4n) is 2.39. The van der Waals surface area contributed by atoms with E-state index < -0.39 is 0 Å². The van der Waals surface area contributed by atoms with Gasteiger partial charge in [0.1, 0.15) is 0 Å². The first-order valence-electron chi connectivity index (χ1n) is 5.59. The van der Waals surface area contributed by atoms with Crippen LogP contribution in [0.1, 0.15) is 38.5 Å². The van der Waals surface area contributed by atoms with Gasteiger partial charge >= 0.3 is 0 Å². The van der Waals surface area contributed by atoms with E-state index in [-0.39, 0.29) is 0 Å². The molecule has 0 aromatic heterocycles. The lowest BCUT2D eigenvalue weighted by Gasteiger charge is -2.25. The number of nitrogens with two attached hydrogens (primary N) is 1. The van der Waals surface area contributed by atoms with Crippen molar-refractivity contribution in [2.24, 2.45) is 11.7 Å². The van der Waals surface area contributed by atoms with Crippen molar-refractivity contribution in [3.05, 3.63) is 0 Å². The van der Waals surface area contributed by atoms with E-state index in [0.29, 0.717) is 6.04 Å². The van der Waals surface area contributed by atoms with Crippen LogP contribution in [0.3, 0.4) is 0 Å². The smallest absolute Gasteiger partial charge is 0.0170 e. The Hall–Kier alpha value is -0.0800. The van der Waals surface area contributed by atoms with Crippen molar-refractivity contribution in [3.8, 4) is 0 Å². The predicted octanol–water partition coefficient (Wildman–Crippen LogP) is 1.85. The van der Waals surface area contributed by atoms with E-state index in [2.05, 4.69) is 19.0 Å². The van der Waals surface area contributed by atoms with E-state index in [4.69, 9.17) is 5.73 Å². The van der Waals surface area contributed by atoms with Gasteiger partial charge in [-0.2, -0.15) is 0 Å². The van der Waals surface area contributed by atoms with Crippen LogP contribution in [0.25, 0.3) is 0 Å². The van der Waals surface area contributed by atoms with Gasteiger partial charge in [0.15, 0.2) is 0 Å². The molecule has 0 bridgehead atoms. The Balaban J connectivity index is 2.14. The number of rotatable bonds is 4. The fourth-order valence-corrected chi connectivity index (χ4v) is 2.39. The zero-order valence-electron chi connectivity index (χ0n) is 9.13. The minimum atomic E-state index is 0.387. The molecule has 1 rings (SSSR count). The maximum atomic E-state index is 6.06. The van der Waals surface area contributed by atoms with Crippen LogP contribution in [0.2, 0.25) is 0 Å². The van der Waals surface area contributed by atoms with Gasteiger partial charge in [-0.05, 0) is 26.4 Å². The number of hydrogen-bond acceptors (Lipinski definition) is 2. The molecular formula is C11H24N2. The van der Waals surface area contributed by atoms with Gasteiger partial charge in [-0.1, -0.05) is 32.1 Å². The SMILES string of the molecule is CN(C)C[C@H](N)CC1CCCCC1. The molecule has 1 aliphatic carbocycles. The van der Waals surface area contributed by atoms with Crippen molar-refractivity contribution < 1.29 is 0 Å². The first kappa shape index (κ1) is 11.0. The molecule has 1 aliphatic rings. The van der Waals surface area contributed by atoms with Gasteiger partial charge in [-0.3, -0.25) is 0 Å². The maximum Gasteiger partial charge on any atom is 0.0170 e. The second-order valence-electron chi connectivity index (χ2n) is 4.76. The summed E-state index contributed by atoms with van der Waals surface area (Å²) in [4.78, 5) is 2.19. The highest BCUT2D eigenvalue weighted by molar-refractivity contribution is 4.73. The molecule has 2 heteroatoms. The van der Waals surface area contributed by atoms with Crippen molar-refractivity contribution in [1.29, 1.82) is 0 Å². The van der Waals surface area contributed by atoms with Crippen LogP contribution in [0.15, 0.2) is 0 Å². The van der Waals surface area contributed by atoms with Crippen LogP contribution in [0.5, 0.6) is 0 Å².